The fourth-order valence-electron chi connectivity index (χ4n) is 2.89. The number of anilines is 1. The van der Waals surface area contributed by atoms with E-state index in [0.29, 0.717) is 17.3 Å². The van der Waals surface area contributed by atoms with Crippen molar-refractivity contribution in [3.63, 3.8) is 0 Å². The number of carbonyl (C=O) groups excluding carboxylic acids is 1. The molecule has 22 heavy (non-hydrogen) atoms. The Morgan fingerprint density at radius 2 is 2.00 bits per heavy atom. The third kappa shape index (κ3) is 2.93. The molecule has 0 aromatic carbocycles. The molecule has 114 valence electrons. The largest absolute Gasteiger partial charge is 0.497 e. The molecule has 0 saturated heterocycles. The molecule has 1 saturated carbocycles. The van der Waals surface area contributed by atoms with Crippen LogP contribution in [0.4, 0.5) is 5.82 Å². The summed E-state index contributed by atoms with van der Waals surface area (Å²) in [6.07, 6.45) is 7.61. The van der Waals surface area contributed by atoms with Crippen LogP contribution in [0.2, 0.25) is 0 Å². The number of hydrogen-bond acceptors (Lipinski definition) is 4. The lowest BCUT2D eigenvalue weighted by molar-refractivity contribution is 0.0971. The predicted octanol–water partition coefficient (Wildman–Crippen LogP) is 3.07. The van der Waals surface area contributed by atoms with Crippen molar-refractivity contribution >= 4 is 11.7 Å². The zero-order valence-corrected chi connectivity index (χ0v) is 12.6. The van der Waals surface area contributed by atoms with E-state index in [9.17, 15) is 4.79 Å². The smallest absolute Gasteiger partial charge is 0.278 e. The fourth-order valence-corrected chi connectivity index (χ4v) is 2.89. The van der Waals surface area contributed by atoms with E-state index in [1.54, 1.807) is 36.5 Å². The van der Waals surface area contributed by atoms with E-state index in [-0.39, 0.29) is 11.9 Å². The summed E-state index contributed by atoms with van der Waals surface area (Å²) in [5.41, 5.74) is 0.386. The molecular weight excluding hydrogens is 278 g/mol. The Bertz CT molecular complexity index is 639. The minimum Gasteiger partial charge on any atom is -0.497 e. The molecule has 0 unspecified atom stereocenters. The van der Waals surface area contributed by atoms with Gasteiger partial charge in [0.1, 0.15) is 17.3 Å². The standard InChI is InChI=1S/C17H19N3O2/c1-22-14-9-11-18-15(12-14)17(21)20(13-6-2-3-7-13)16-8-4-5-10-19-16/h4-5,8-13H,2-3,6-7H2,1H3. The Labute approximate surface area is 130 Å². The molecule has 5 nitrogen and oxygen atoms in total. The lowest BCUT2D eigenvalue weighted by Crippen LogP contribution is -2.40. The van der Waals surface area contributed by atoms with Crippen molar-refractivity contribution in [1.29, 1.82) is 0 Å². The van der Waals surface area contributed by atoms with Crippen LogP contribution in [0.25, 0.3) is 0 Å². The first-order chi connectivity index (χ1) is 10.8. The highest BCUT2D eigenvalue weighted by Gasteiger charge is 2.30. The van der Waals surface area contributed by atoms with Crippen LogP contribution in [0.3, 0.4) is 0 Å². The van der Waals surface area contributed by atoms with Gasteiger partial charge in [-0.05, 0) is 31.0 Å². The predicted molar refractivity (Wildman–Crippen MR) is 84.1 cm³/mol. The highest BCUT2D eigenvalue weighted by Crippen LogP contribution is 2.28. The lowest BCUT2D eigenvalue weighted by atomic mass is 10.2. The van der Waals surface area contributed by atoms with Gasteiger partial charge in [0, 0.05) is 24.5 Å². The molecule has 0 N–H and O–H groups in total. The minimum atomic E-state index is -0.121. The summed E-state index contributed by atoms with van der Waals surface area (Å²) in [6.45, 7) is 0. The van der Waals surface area contributed by atoms with Gasteiger partial charge in [0.25, 0.3) is 5.91 Å². The first-order valence-corrected chi connectivity index (χ1v) is 7.54. The molecule has 5 heteroatoms. The van der Waals surface area contributed by atoms with Gasteiger partial charge in [-0.15, -0.1) is 0 Å². The summed E-state index contributed by atoms with van der Waals surface area (Å²) in [7, 11) is 1.58. The summed E-state index contributed by atoms with van der Waals surface area (Å²) in [5.74, 6) is 1.19. The second-order valence-corrected chi connectivity index (χ2v) is 5.38. The number of aromatic nitrogens is 2. The van der Waals surface area contributed by atoms with Crippen LogP contribution in [0, 0.1) is 0 Å². The molecule has 0 atom stereocenters. The number of nitrogens with zero attached hydrogens (tertiary/aromatic N) is 3. The monoisotopic (exact) mass is 297 g/mol. The van der Waals surface area contributed by atoms with Crippen molar-refractivity contribution < 1.29 is 9.53 Å². The molecular formula is C17H19N3O2. The summed E-state index contributed by atoms with van der Waals surface area (Å²) >= 11 is 0. The molecule has 0 radical (unpaired) electrons. The molecule has 0 bridgehead atoms. The van der Waals surface area contributed by atoms with E-state index in [1.165, 1.54) is 0 Å². The number of amides is 1. The van der Waals surface area contributed by atoms with Gasteiger partial charge in [-0.3, -0.25) is 14.7 Å². The minimum absolute atomic E-state index is 0.121. The van der Waals surface area contributed by atoms with Gasteiger partial charge < -0.3 is 4.74 Å². The highest BCUT2D eigenvalue weighted by molar-refractivity contribution is 6.04. The Morgan fingerprint density at radius 3 is 2.68 bits per heavy atom. The van der Waals surface area contributed by atoms with Crippen LogP contribution in [0.15, 0.2) is 42.7 Å². The van der Waals surface area contributed by atoms with Gasteiger partial charge in [-0.25, -0.2) is 4.98 Å². The zero-order valence-electron chi connectivity index (χ0n) is 12.6. The summed E-state index contributed by atoms with van der Waals surface area (Å²) in [6, 6.07) is 9.22. The summed E-state index contributed by atoms with van der Waals surface area (Å²) in [5, 5.41) is 0. The maximum Gasteiger partial charge on any atom is 0.278 e. The molecule has 1 fully saturated rings. The Balaban J connectivity index is 1.95. The molecule has 3 rings (SSSR count). The van der Waals surface area contributed by atoms with Crippen LogP contribution in [0.1, 0.15) is 36.2 Å². The number of rotatable bonds is 4. The van der Waals surface area contributed by atoms with Crippen molar-refractivity contribution in [2.24, 2.45) is 0 Å². The maximum atomic E-state index is 13.0. The normalized spacial score (nSPS) is 14.8. The first-order valence-electron chi connectivity index (χ1n) is 7.54. The molecule has 2 aromatic heterocycles. The molecule has 0 aliphatic heterocycles. The number of hydrogen-bond donors (Lipinski definition) is 0. The topological polar surface area (TPSA) is 55.3 Å². The van der Waals surface area contributed by atoms with Crippen LogP contribution in [-0.2, 0) is 0 Å². The Hall–Kier alpha value is -2.43. The van der Waals surface area contributed by atoms with Gasteiger partial charge in [0.15, 0.2) is 0 Å². The highest BCUT2D eigenvalue weighted by atomic mass is 16.5. The van der Waals surface area contributed by atoms with Crippen molar-refractivity contribution in [2.75, 3.05) is 12.0 Å². The van der Waals surface area contributed by atoms with Crippen LogP contribution >= 0.6 is 0 Å². The van der Waals surface area contributed by atoms with Crippen LogP contribution in [-0.4, -0.2) is 29.0 Å². The summed E-state index contributed by atoms with van der Waals surface area (Å²) < 4.78 is 5.19. The van der Waals surface area contributed by atoms with E-state index in [0.717, 1.165) is 25.7 Å². The van der Waals surface area contributed by atoms with Gasteiger partial charge in [0.05, 0.1) is 7.11 Å². The fraction of sp³-hybridized carbons (Fsp3) is 0.353. The van der Waals surface area contributed by atoms with Gasteiger partial charge in [-0.1, -0.05) is 18.9 Å². The molecule has 0 spiro atoms. The van der Waals surface area contributed by atoms with Crippen molar-refractivity contribution in [3.05, 3.63) is 48.4 Å². The average Bonchev–Trinajstić information content (AvgIpc) is 3.10. The van der Waals surface area contributed by atoms with E-state index in [1.807, 2.05) is 18.2 Å². The van der Waals surface area contributed by atoms with Crippen molar-refractivity contribution in [2.45, 2.75) is 31.7 Å². The maximum absolute atomic E-state index is 13.0. The van der Waals surface area contributed by atoms with Crippen LogP contribution in [0.5, 0.6) is 5.75 Å². The Kier molecular flexibility index (Phi) is 4.32. The number of ether oxygens (including phenoxy) is 1. The third-order valence-electron chi connectivity index (χ3n) is 3.99. The number of pyridine rings is 2. The molecule has 2 heterocycles. The zero-order chi connectivity index (χ0) is 15.4. The van der Waals surface area contributed by atoms with E-state index < -0.39 is 0 Å². The molecule has 1 amide bonds. The quantitative estimate of drug-likeness (QED) is 0.870. The average molecular weight is 297 g/mol. The second-order valence-electron chi connectivity index (χ2n) is 5.38. The third-order valence-corrected chi connectivity index (χ3v) is 3.99. The van der Waals surface area contributed by atoms with E-state index in [2.05, 4.69) is 9.97 Å². The van der Waals surface area contributed by atoms with E-state index >= 15 is 0 Å². The first kappa shape index (κ1) is 14.5. The SMILES string of the molecule is COc1ccnc(C(=O)N(c2ccccn2)C2CCCC2)c1. The van der Waals surface area contributed by atoms with E-state index in [4.69, 9.17) is 4.74 Å². The van der Waals surface area contributed by atoms with Crippen molar-refractivity contribution in [3.8, 4) is 5.75 Å². The summed E-state index contributed by atoms with van der Waals surface area (Å²) in [4.78, 5) is 23.3. The molecule has 1 aliphatic carbocycles. The molecule has 2 aromatic rings. The Morgan fingerprint density at radius 1 is 1.18 bits per heavy atom. The van der Waals surface area contributed by atoms with Gasteiger partial charge in [-0.2, -0.15) is 0 Å². The number of carbonyl (C=O) groups is 1. The number of methoxy groups -OCH3 is 1. The lowest BCUT2D eigenvalue weighted by Gasteiger charge is -2.27. The van der Waals surface area contributed by atoms with Gasteiger partial charge in [0.2, 0.25) is 0 Å². The van der Waals surface area contributed by atoms with Gasteiger partial charge >= 0.3 is 0 Å². The molecule has 1 aliphatic rings. The second kappa shape index (κ2) is 6.56. The van der Waals surface area contributed by atoms with Crippen LogP contribution < -0.4 is 9.64 Å². The van der Waals surface area contributed by atoms with Crippen molar-refractivity contribution in [1.82, 2.24) is 9.97 Å².